The van der Waals surface area contributed by atoms with Gasteiger partial charge in [0.2, 0.25) is 5.91 Å². The minimum atomic E-state index is -0.203. The van der Waals surface area contributed by atoms with Gasteiger partial charge in [0.1, 0.15) is 5.82 Å². The van der Waals surface area contributed by atoms with Gasteiger partial charge in [0, 0.05) is 28.3 Å². The largest absolute Gasteiger partial charge is 0.349 e. The Kier molecular flexibility index (Phi) is 7.46. The van der Waals surface area contributed by atoms with Crippen molar-refractivity contribution in [3.8, 4) is 11.4 Å². The Morgan fingerprint density at radius 2 is 1.64 bits per heavy atom. The highest BCUT2D eigenvalue weighted by atomic mass is 16.2. The standard InChI is InChI=1S/C33H42N4O2/c1-22-8-6-18-33(19-7-9-25(22)21-33)32(39)35-27-15-12-23(13-16-27)30-36-28-17-14-24(20-29(28)37-30)31(38)34-26-10-4-2-3-5-11-26/h12-17,20,22,25-26H,2-11,18-19,21H2,1H3,(H,34,38)(H,35,39)(H,36,37). The van der Waals surface area contributed by atoms with E-state index in [1.54, 1.807) is 0 Å². The summed E-state index contributed by atoms with van der Waals surface area (Å²) in [5.74, 6) is 2.37. The number of amides is 2. The van der Waals surface area contributed by atoms with Gasteiger partial charge in [-0.25, -0.2) is 4.98 Å². The van der Waals surface area contributed by atoms with Gasteiger partial charge in [0.15, 0.2) is 0 Å². The number of benzene rings is 2. The molecular weight excluding hydrogens is 484 g/mol. The highest BCUT2D eigenvalue weighted by Gasteiger charge is 2.45. The van der Waals surface area contributed by atoms with Crippen molar-refractivity contribution in [3.05, 3.63) is 48.0 Å². The van der Waals surface area contributed by atoms with Gasteiger partial charge in [-0.1, -0.05) is 58.3 Å². The Balaban J connectivity index is 1.13. The third-order valence-electron chi connectivity index (χ3n) is 9.84. The number of nitrogens with one attached hydrogen (secondary N) is 3. The number of carbonyl (C=O) groups is 2. The van der Waals surface area contributed by atoms with E-state index in [0.717, 1.165) is 79.0 Å². The Morgan fingerprint density at radius 1 is 0.897 bits per heavy atom. The van der Waals surface area contributed by atoms with Crippen LogP contribution in [0.3, 0.4) is 0 Å². The van der Waals surface area contributed by atoms with E-state index in [1.165, 1.54) is 38.5 Å². The predicted octanol–water partition coefficient (Wildman–Crippen LogP) is 7.62. The zero-order valence-corrected chi connectivity index (χ0v) is 23.2. The Morgan fingerprint density at radius 3 is 2.41 bits per heavy atom. The van der Waals surface area contributed by atoms with E-state index in [9.17, 15) is 9.59 Å². The van der Waals surface area contributed by atoms with E-state index < -0.39 is 0 Å². The number of fused-ring (bicyclic) bond motifs is 3. The molecule has 3 N–H and O–H groups in total. The zero-order chi connectivity index (χ0) is 26.8. The second-order valence-corrected chi connectivity index (χ2v) is 12.5. The van der Waals surface area contributed by atoms with Crippen LogP contribution >= 0.6 is 0 Å². The molecule has 3 atom stereocenters. The molecule has 2 bridgehead atoms. The molecule has 2 aromatic carbocycles. The maximum atomic E-state index is 13.5. The maximum Gasteiger partial charge on any atom is 0.251 e. The molecule has 3 aromatic rings. The number of rotatable bonds is 5. The number of aromatic amines is 1. The van der Waals surface area contributed by atoms with Gasteiger partial charge in [-0.3, -0.25) is 9.59 Å². The molecule has 0 spiro atoms. The van der Waals surface area contributed by atoms with Crippen LogP contribution < -0.4 is 10.6 Å². The molecule has 2 amide bonds. The molecule has 6 nitrogen and oxygen atoms in total. The van der Waals surface area contributed by atoms with Crippen LogP contribution in [-0.4, -0.2) is 27.8 Å². The molecule has 0 aliphatic heterocycles. The fraction of sp³-hybridized carbons (Fsp3) is 0.545. The molecule has 6 rings (SSSR count). The van der Waals surface area contributed by atoms with Crippen molar-refractivity contribution >= 4 is 28.5 Å². The van der Waals surface area contributed by atoms with E-state index in [2.05, 4.69) is 22.5 Å². The van der Waals surface area contributed by atoms with Crippen LogP contribution in [0.25, 0.3) is 22.4 Å². The van der Waals surface area contributed by atoms with Crippen LogP contribution in [0.2, 0.25) is 0 Å². The normalized spacial score (nSPS) is 26.0. The van der Waals surface area contributed by atoms with E-state index in [0.29, 0.717) is 11.5 Å². The molecule has 3 saturated carbocycles. The molecule has 3 fully saturated rings. The molecule has 3 aliphatic carbocycles. The van der Waals surface area contributed by atoms with Crippen LogP contribution in [0.1, 0.15) is 101 Å². The van der Waals surface area contributed by atoms with Crippen molar-refractivity contribution in [3.63, 3.8) is 0 Å². The topological polar surface area (TPSA) is 86.9 Å². The number of hydrogen-bond donors (Lipinski definition) is 3. The van der Waals surface area contributed by atoms with Gasteiger partial charge >= 0.3 is 0 Å². The van der Waals surface area contributed by atoms with Crippen LogP contribution in [0.5, 0.6) is 0 Å². The number of nitrogens with zero attached hydrogens (tertiary/aromatic N) is 1. The third-order valence-corrected chi connectivity index (χ3v) is 9.84. The lowest BCUT2D eigenvalue weighted by Gasteiger charge is -2.39. The van der Waals surface area contributed by atoms with Crippen LogP contribution in [0, 0.1) is 17.3 Å². The Bertz CT molecular complexity index is 1320. The molecule has 6 heteroatoms. The number of carbonyl (C=O) groups excluding carboxylic acids is 2. The number of H-pyrrole nitrogens is 1. The third kappa shape index (κ3) is 5.61. The number of hydrogen-bond acceptors (Lipinski definition) is 3. The summed E-state index contributed by atoms with van der Waals surface area (Å²) in [7, 11) is 0. The van der Waals surface area contributed by atoms with Crippen molar-refractivity contribution in [1.29, 1.82) is 0 Å². The van der Waals surface area contributed by atoms with Gasteiger partial charge in [0.05, 0.1) is 11.0 Å². The number of imidazole rings is 1. The fourth-order valence-corrected chi connectivity index (χ4v) is 7.39. The summed E-state index contributed by atoms with van der Waals surface area (Å²) in [6.07, 6.45) is 14.9. The highest BCUT2D eigenvalue weighted by Crippen LogP contribution is 2.49. The predicted molar refractivity (Wildman–Crippen MR) is 157 cm³/mol. The molecule has 1 aromatic heterocycles. The van der Waals surface area contributed by atoms with Crippen LogP contribution in [-0.2, 0) is 4.79 Å². The molecule has 3 aliphatic rings. The smallest absolute Gasteiger partial charge is 0.251 e. The fourth-order valence-electron chi connectivity index (χ4n) is 7.39. The summed E-state index contributed by atoms with van der Waals surface area (Å²) in [5, 5.41) is 6.48. The zero-order valence-electron chi connectivity index (χ0n) is 23.2. The van der Waals surface area contributed by atoms with Crippen molar-refractivity contribution < 1.29 is 9.59 Å². The molecule has 39 heavy (non-hydrogen) atoms. The Hall–Kier alpha value is -3.15. The lowest BCUT2D eigenvalue weighted by molar-refractivity contribution is -0.128. The van der Waals surface area contributed by atoms with Crippen LogP contribution in [0.15, 0.2) is 42.5 Å². The van der Waals surface area contributed by atoms with Gasteiger partial charge in [-0.05, 0) is 86.4 Å². The number of anilines is 1. The highest BCUT2D eigenvalue weighted by molar-refractivity contribution is 5.98. The average molecular weight is 527 g/mol. The first-order chi connectivity index (χ1) is 19.0. The van der Waals surface area contributed by atoms with Gasteiger partial charge in [-0.2, -0.15) is 0 Å². The lowest BCUT2D eigenvalue weighted by Crippen LogP contribution is -2.40. The summed E-state index contributed by atoms with van der Waals surface area (Å²) >= 11 is 0. The van der Waals surface area contributed by atoms with Crippen LogP contribution in [0.4, 0.5) is 5.69 Å². The first kappa shape index (κ1) is 26.1. The second kappa shape index (κ2) is 11.1. The maximum absolute atomic E-state index is 13.5. The quantitative estimate of drug-likeness (QED) is 0.299. The van der Waals surface area contributed by atoms with E-state index in [4.69, 9.17) is 4.98 Å². The summed E-state index contributed by atoms with van der Waals surface area (Å²) in [6, 6.07) is 13.9. The monoisotopic (exact) mass is 526 g/mol. The summed E-state index contributed by atoms with van der Waals surface area (Å²) in [5.41, 5.74) is 3.93. The second-order valence-electron chi connectivity index (χ2n) is 12.5. The van der Waals surface area contributed by atoms with Crippen molar-refractivity contribution in [1.82, 2.24) is 15.3 Å². The molecule has 1 heterocycles. The Labute approximate surface area is 231 Å². The van der Waals surface area contributed by atoms with E-state index in [-0.39, 0.29) is 23.3 Å². The van der Waals surface area contributed by atoms with Crippen molar-refractivity contribution in [2.45, 2.75) is 96.4 Å². The summed E-state index contributed by atoms with van der Waals surface area (Å²) < 4.78 is 0. The lowest BCUT2D eigenvalue weighted by atomic mass is 9.66. The van der Waals surface area contributed by atoms with E-state index in [1.807, 2.05) is 42.5 Å². The minimum Gasteiger partial charge on any atom is -0.349 e. The number of aromatic nitrogens is 2. The SMILES string of the molecule is CC1CCCC2(C(=O)Nc3ccc(-c4nc5cc(C(=O)NC6CCCCCC6)ccc5[nH]4)cc3)CCCC1C2. The molecule has 3 unspecified atom stereocenters. The first-order valence-corrected chi connectivity index (χ1v) is 15.2. The van der Waals surface area contributed by atoms with Gasteiger partial charge < -0.3 is 15.6 Å². The van der Waals surface area contributed by atoms with Crippen molar-refractivity contribution in [2.24, 2.45) is 17.3 Å². The van der Waals surface area contributed by atoms with Gasteiger partial charge in [-0.15, -0.1) is 0 Å². The van der Waals surface area contributed by atoms with Gasteiger partial charge in [0.25, 0.3) is 5.91 Å². The molecular formula is C33H42N4O2. The molecule has 206 valence electrons. The molecule has 0 saturated heterocycles. The minimum absolute atomic E-state index is 0.0136. The molecule has 0 radical (unpaired) electrons. The summed E-state index contributed by atoms with van der Waals surface area (Å²) in [4.78, 5) is 34.6. The first-order valence-electron chi connectivity index (χ1n) is 15.2. The average Bonchev–Trinajstić information content (AvgIpc) is 3.15. The summed E-state index contributed by atoms with van der Waals surface area (Å²) in [6.45, 7) is 2.37. The van der Waals surface area contributed by atoms with E-state index >= 15 is 0 Å². The van der Waals surface area contributed by atoms with Crippen molar-refractivity contribution in [2.75, 3.05) is 5.32 Å².